The zero-order valence-electron chi connectivity index (χ0n) is 17.9. The lowest BCUT2D eigenvalue weighted by Crippen LogP contribution is -2.52. The fourth-order valence-electron chi connectivity index (χ4n) is 4.50. The minimum atomic E-state index is -1.74. The molecular formula is C27H26NOSi+. The molecule has 3 aromatic carbocycles. The smallest absolute Gasteiger partial charge is 0.220 e. The molecule has 5 aromatic rings. The van der Waals surface area contributed by atoms with Crippen molar-refractivity contribution >= 4 is 40.2 Å². The molecule has 0 unspecified atom stereocenters. The minimum Gasteiger partial charge on any atom is -0.464 e. The number of aryl methyl sites for hydroxylation is 2. The van der Waals surface area contributed by atoms with Gasteiger partial charge < -0.3 is 4.42 Å². The van der Waals surface area contributed by atoms with E-state index in [4.69, 9.17) is 4.42 Å². The molecule has 0 atom stereocenters. The summed E-state index contributed by atoms with van der Waals surface area (Å²) < 4.78 is 7.92. The molecule has 0 amide bonds. The lowest BCUT2D eigenvalue weighted by Gasteiger charge is -2.24. The molecule has 0 aliphatic heterocycles. The largest absolute Gasteiger partial charge is 0.464 e. The van der Waals surface area contributed by atoms with Crippen LogP contribution in [0.1, 0.15) is 5.56 Å². The first-order valence-electron chi connectivity index (χ1n) is 10.4. The molecule has 5 rings (SSSR count). The maximum Gasteiger partial charge on any atom is 0.220 e. The zero-order chi connectivity index (χ0) is 20.9. The SMILES string of the molecule is Cc1cc2ccoc2cc1-c1c2ccc([Si](C)(C)c3ccccc3)cc2cc[n+]1C. The van der Waals surface area contributed by atoms with Crippen molar-refractivity contribution < 1.29 is 8.98 Å². The fourth-order valence-corrected chi connectivity index (χ4v) is 6.87. The number of nitrogens with zero attached hydrogens (tertiary/aromatic N) is 1. The molecule has 148 valence electrons. The van der Waals surface area contributed by atoms with Gasteiger partial charge in [0, 0.05) is 11.5 Å². The molecule has 2 heterocycles. The summed E-state index contributed by atoms with van der Waals surface area (Å²) >= 11 is 0. The molecule has 0 aliphatic rings. The molecule has 0 radical (unpaired) electrons. The third-order valence-corrected chi connectivity index (χ3v) is 9.94. The first-order chi connectivity index (χ1) is 14.4. The van der Waals surface area contributed by atoms with Gasteiger partial charge in [-0.1, -0.05) is 65.9 Å². The predicted molar refractivity (Wildman–Crippen MR) is 128 cm³/mol. The van der Waals surface area contributed by atoms with E-state index in [2.05, 4.69) is 105 Å². The Bertz CT molecular complexity index is 1380. The van der Waals surface area contributed by atoms with E-state index in [-0.39, 0.29) is 0 Å². The summed E-state index contributed by atoms with van der Waals surface area (Å²) in [6.45, 7) is 7.05. The maximum absolute atomic E-state index is 5.70. The summed E-state index contributed by atoms with van der Waals surface area (Å²) in [4.78, 5) is 0. The van der Waals surface area contributed by atoms with Crippen LogP contribution in [-0.2, 0) is 7.05 Å². The second kappa shape index (κ2) is 6.96. The molecule has 0 saturated carbocycles. The first-order valence-corrected chi connectivity index (χ1v) is 13.4. The van der Waals surface area contributed by atoms with Gasteiger partial charge in [-0.05, 0) is 42.1 Å². The highest BCUT2D eigenvalue weighted by atomic mass is 28.3. The Balaban J connectivity index is 1.71. The molecule has 0 bridgehead atoms. The van der Waals surface area contributed by atoms with Gasteiger partial charge in [0.15, 0.2) is 6.20 Å². The van der Waals surface area contributed by atoms with E-state index in [1.165, 1.54) is 38.0 Å². The van der Waals surface area contributed by atoms with Gasteiger partial charge in [-0.15, -0.1) is 0 Å². The number of benzene rings is 3. The van der Waals surface area contributed by atoms with E-state index in [1.807, 2.05) is 6.07 Å². The average Bonchev–Trinajstić information content (AvgIpc) is 3.21. The highest BCUT2D eigenvalue weighted by molar-refractivity contribution is 7.00. The van der Waals surface area contributed by atoms with Gasteiger partial charge in [-0.3, -0.25) is 0 Å². The molecule has 0 spiro atoms. The Labute approximate surface area is 178 Å². The molecule has 30 heavy (non-hydrogen) atoms. The Morgan fingerprint density at radius 3 is 2.40 bits per heavy atom. The molecule has 2 nitrogen and oxygen atoms in total. The van der Waals surface area contributed by atoms with Gasteiger partial charge in [0.1, 0.15) is 20.7 Å². The Kier molecular flexibility index (Phi) is 4.37. The highest BCUT2D eigenvalue weighted by Crippen LogP contribution is 2.31. The zero-order valence-corrected chi connectivity index (χ0v) is 18.9. The van der Waals surface area contributed by atoms with Crippen LogP contribution in [0.5, 0.6) is 0 Å². The molecule has 0 N–H and O–H groups in total. The molecule has 2 aromatic heterocycles. The fraction of sp³-hybridized carbons (Fsp3) is 0.148. The first kappa shape index (κ1) is 18.8. The third-order valence-electron chi connectivity index (χ3n) is 6.41. The quantitative estimate of drug-likeness (QED) is 0.296. The number of rotatable bonds is 3. The van der Waals surface area contributed by atoms with Crippen molar-refractivity contribution in [1.29, 1.82) is 0 Å². The highest BCUT2D eigenvalue weighted by Gasteiger charge is 2.27. The molecule has 0 saturated heterocycles. The molecule has 3 heteroatoms. The van der Waals surface area contributed by atoms with Crippen LogP contribution in [0.3, 0.4) is 0 Å². The summed E-state index contributed by atoms with van der Waals surface area (Å²) in [5.74, 6) is 0. The number of hydrogen-bond donors (Lipinski definition) is 0. The number of fused-ring (bicyclic) bond motifs is 2. The standard InChI is InChI=1S/C27H26NOSi/c1-19-16-21-13-15-29-26(21)18-25(19)27-24-11-10-23(17-20(24)12-14-28(27)2)30(3,4)22-8-6-5-7-9-22/h5-18H,1-4H3/q+1. The van der Waals surface area contributed by atoms with Crippen LogP contribution in [0.2, 0.25) is 13.1 Å². The Morgan fingerprint density at radius 2 is 1.60 bits per heavy atom. The van der Waals surface area contributed by atoms with Gasteiger partial charge in [0.2, 0.25) is 5.69 Å². The summed E-state index contributed by atoms with van der Waals surface area (Å²) in [6.07, 6.45) is 3.93. The van der Waals surface area contributed by atoms with Gasteiger partial charge in [0.05, 0.1) is 17.2 Å². The summed E-state index contributed by atoms with van der Waals surface area (Å²) in [5.41, 5.74) is 4.64. The van der Waals surface area contributed by atoms with E-state index in [9.17, 15) is 0 Å². The van der Waals surface area contributed by atoms with Crippen molar-refractivity contribution in [2.75, 3.05) is 0 Å². The maximum atomic E-state index is 5.70. The van der Waals surface area contributed by atoms with Crippen molar-refractivity contribution in [3.8, 4) is 11.3 Å². The van der Waals surface area contributed by atoms with Crippen LogP contribution >= 0.6 is 0 Å². The number of hydrogen-bond acceptors (Lipinski definition) is 1. The van der Waals surface area contributed by atoms with Gasteiger partial charge in [-0.25, -0.2) is 4.57 Å². The Morgan fingerprint density at radius 1 is 0.800 bits per heavy atom. The summed E-state index contributed by atoms with van der Waals surface area (Å²) in [7, 11) is 0.379. The van der Waals surface area contributed by atoms with Gasteiger partial charge in [-0.2, -0.15) is 0 Å². The minimum absolute atomic E-state index is 0.932. The second-order valence-electron chi connectivity index (χ2n) is 8.69. The lowest BCUT2D eigenvalue weighted by molar-refractivity contribution is -0.659. The van der Waals surface area contributed by atoms with Crippen LogP contribution in [0.15, 0.2) is 89.7 Å². The normalized spacial score (nSPS) is 12.0. The van der Waals surface area contributed by atoms with Crippen molar-refractivity contribution in [3.05, 3.63) is 90.8 Å². The van der Waals surface area contributed by atoms with E-state index in [0.717, 1.165) is 11.0 Å². The van der Waals surface area contributed by atoms with Gasteiger partial charge in [0.25, 0.3) is 0 Å². The van der Waals surface area contributed by atoms with E-state index in [1.54, 1.807) is 6.26 Å². The third kappa shape index (κ3) is 2.98. The summed E-state index contributed by atoms with van der Waals surface area (Å²) in [6, 6.07) is 26.6. The van der Waals surface area contributed by atoms with Crippen LogP contribution in [0.25, 0.3) is 33.0 Å². The molecular weight excluding hydrogens is 382 g/mol. The Hall–Kier alpha value is -3.17. The number of pyridine rings is 1. The monoisotopic (exact) mass is 408 g/mol. The van der Waals surface area contributed by atoms with Crippen molar-refractivity contribution in [2.24, 2.45) is 7.05 Å². The van der Waals surface area contributed by atoms with E-state index < -0.39 is 8.07 Å². The van der Waals surface area contributed by atoms with E-state index in [0.29, 0.717) is 0 Å². The van der Waals surface area contributed by atoms with Crippen molar-refractivity contribution in [3.63, 3.8) is 0 Å². The topological polar surface area (TPSA) is 17.0 Å². The molecule has 0 aliphatic carbocycles. The average molecular weight is 409 g/mol. The van der Waals surface area contributed by atoms with Crippen LogP contribution < -0.4 is 14.9 Å². The van der Waals surface area contributed by atoms with Crippen molar-refractivity contribution in [2.45, 2.75) is 20.0 Å². The number of furan rings is 1. The van der Waals surface area contributed by atoms with Crippen molar-refractivity contribution in [1.82, 2.24) is 0 Å². The second-order valence-corrected chi connectivity index (χ2v) is 13.1. The van der Waals surface area contributed by atoms with E-state index >= 15 is 0 Å². The lowest BCUT2D eigenvalue weighted by atomic mass is 9.98. The predicted octanol–water partition coefficient (Wildman–Crippen LogP) is 5.21. The summed E-state index contributed by atoms with van der Waals surface area (Å²) in [5, 5.41) is 6.63. The number of aromatic nitrogens is 1. The molecule has 0 fully saturated rings. The van der Waals surface area contributed by atoms with Gasteiger partial charge >= 0.3 is 0 Å². The van der Waals surface area contributed by atoms with Crippen LogP contribution in [0, 0.1) is 6.92 Å². The van der Waals surface area contributed by atoms with Crippen LogP contribution in [-0.4, -0.2) is 8.07 Å². The van der Waals surface area contributed by atoms with Crippen LogP contribution in [0.4, 0.5) is 0 Å².